The molecule has 0 saturated heterocycles. The Kier molecular flexibility index (Phi) is 20.7. The van der Waals surface area contributed by atoms with Gasteiger partial charge in [-0.05, 0) is 70.8 Å². The van der Waals surface area contributed by atoms with Crippen molar-refractivity contribution in [1.82, 2.24) is 0 Å². The number of hydrogen-bond acceptors (Lipinski definition) is 24. The van der Waals surface area contributed by atoms with Gasteiger partial charge in [0.2, 0.25) is 0 Å². The van der Waals surface area contributed by atoms with E-state index in [1.54, 1.807) is 96.2 Å². The van der Waals surface area contributed by atoms with Crippen LogP contribution in [0, 0.1) is 0 Å². The van der Waals surface area contributed by atoms with E-state index in [9.17, 15) is 25.5 Å². The van der Waals surface area contributed by atoms with Crippen LogP contribution in [0.5, 0.6) is 115 Å². The molecule has 0 bridgehead atoms. The number of aliphatic hydroxyl groups excluding tert-OH is 1. The molecule has 8 aromatic rings. The largest absolute Gasteiger partial charge is 0.507 e. The Morgan fingerprint density at radius 2 is 0.778 bits per heavy atom. The fourth-order valence-electron chi connectivity index (χ4n) is 14.4. The minimum Gasteiger partial charge on any atom is -0.507 e. The zero-order chi connectivity index (χ0) is 70.4. The lowest BCUT2D eigenvalue weighted by Gasteiger charge is -2.46. The molecule has 0 saturated carbocycles. The van der Waals surface area contributed by atoms with Gasteiger partial charge in [0.1, 0.15) is 93.4 Å². The molecule has 28 heteroatoms. The Balaban J connectivity index is 1.20. The fraction of sp³-hybridized carbons (Fsp3) is 0.324. The molecule has 524 valence electrons. The van der Waals surface area contributed by atoms with Crippen LogP contribution in [-0.2, 0) is 20.6 Å². The van der Waals surface area contributed by atoms with Gasteiger partial charge < -0.3 is 115 Å². The number of phenolic OH excluding ortho intramolecular Hbond substituents is 4. The highest BCUT2D eigenvalue weighted by Gasteiger charge is 2.55. The molecule has 4 aliphatic heterocycles. The Labute approximate surface area is 580 Å². The quantitative estimate of drug-likeness (QED) is 0.0311. The second kappa shape index (κ2) is 29.3. The third-order valence-electron chi connectivity index (χ3n) is 18.9. The molecule has 4 aliphatic rings. The third kappa shape index (κ3) is 12.1. The maximum absolute atomic E-state index is 13.4. The first-order chi connectivity index (χ1) is 48.0. The van der Waals surface area contributed by atoms with E-state index in [1.807, 2.05) is 18.2 Å². The Morgan fingerprint density at radius 3 is 1.28 bits per heavy atom. The third-order valence-corrected chi connectivity index (χ3v) is 19.9. The van der Waals surface area contributed by atoms with Gasteiger partial charge in [0.25, 0.3) is 0 Å². The zero-order valence-corrected chi connectivity index (χ0v) is 60.3. The van der Waals surface area contributed by atoms with E-state index >= 15 is 0 Å². The average Bonchev–Trinajstić information content (AvgIpc) is 0.706. The molecule has 0 amide bonds. The van der Waals surface area contributed by atoms with Crippen LogP contribution >= 0.6 is 37.9 Å². The lowest BCUT2D eigenvalue weighted by Crippen LogP contribution is -2.41. The molecule has 0 radical (unpaired) electrons. The van der Waals surface area contributed by atoms with Gasteiger partial charge in [-0.1, -0.05) is 24.3 Å². The second-order valence-corrected chi connectivity index (χ2v) is 24.4. The summed E-state index contributed by atoms with van der Waals surface area (Å²) in [6, 6.07) is 27.8. The molecule has 0 aliphatic carbocycles. The normalized spacial score (nSPS) is 21.8. The van der Waals surface area contributed by atoms with Crippen molar-refractivity contribution >= 4 is 37.9 Å². The number of hydrogen-bond donors (Lipinski definition) is 5. The van der Waals surface area contributed by atoms with Crippen molar-refractivity contribution in [1.29, 1.82) is 0 Å². The maximum atomic E-state index is 13.4. The lowest BCUT2D eigenvalue weighted by molar-refractivity contribution is -0.0352. The summed E-state index contributed by atoms with van der Waals surface area (Å²) in [5.74, 6) is -1.47. The molecule has 24 nitrogen and oxygen atoms in total. The van der Waals surface area contributed by atoms with Crippen LogP contribution in [0.2, 0.25) is 0 Å². The van der Waals surface area contributed by atoms with Gasteiger partial charge in [-0.3, -0.25) is 0 Å². The number of rotatable bonds is 22. The summed E-state index contributed by atoms with van der Waals surface area (Å²) < 4.78 is 121. The number of phenols is 4. The molecular formula is C71H76O24P4. The highest BCUT2D eigenvalue weighted by Crippen LogP contribution is 2.66. The van der Waals surface area contributed by atoms with E-state index in [0.29, 0.717) is 79.4 Å². The van der Waals surface area contributed by atoms with Gasteiger partial charge in [0.15, 0.2) is 70.4 Å². The number of aromatic hydroxyl groups is 4. The first-order valence-electron chi connectivity index (χ1n) is 30.8. The summed E-state index contributed by atoms with van der Waals surface area (Å²) in [5.41, 5.74) is 3.71. The Hall–Kier alpha value is -8.68. The number of fused-ring (bicyclic) bond motifs is 4. The van der Waals surface area contributed by atoms with Gasteiger partial charge >= 0.3 is 0 Å². The molecule has 15 atom stereocenters. The van der Waals surface area contributed by atoms with Gasteiger partial charge in [-0.2, -0.15) is 0 Å². The first-order valence-corrected chi connectivity index (χ1v) is 32.7. The smallest absolute Gasteiger partial charge is 0.165 e. The van der Waals surface area contributed by atoms with Crippen molar-refractivity contribution in [2.24, 2.45) is 0 Å². The van der Waals surface area contributed by atoms with E-state index in [1.165, 1.54) is 60.9 Å². The van der Waals surface area contributed by atoms with Gasteiger partial charge in [-0.15, -0.1) is 0 Å². The molecule has 0 fully saturated rings. The SMILES string of the molecule is COc1ccc(C2Oc3c(c(OC)cc(OC)c3C3c4c(OC)cc(OC)c(C5c6c(O)cc(O)c(C7c8c(OP)cc(OP)cc8OC(c8ccc(OP)c(OP)c8)C7O)c6OC(c6ccc(O)c(O)c6)C5OC)c4OC(c4ccc(OC)c(OC)c4)C3OC)CC2OC)cc1OC. The Morgan fingerprint density at radius 1 is 0.333 bits per heavy atom. The molecule has 5 N–H and O–H groups in total. The van der Waals surface area contributed by atoms with Crippen LogP contribution in [0.1, 0.15) is 103 Å². The van der Waals surface area contributed by atoms with Crippen molar-refractivity contribution in [3.8, 4) is 115 Å². The monoisotopic (exact) mass is 1440 g/mol. The first kappa shape index (κ1) is 70.2. The summed E-state index contributed by atoms with van der Waals surface area (Å²) in [6.07, 6.45) is -8.83. The van der Waals surface area contributed by atoms with Crippen LogP contribution in [0.25, 0.3) is 0 Å². The second-order valence-electron chi connectivity index (χ2n) is 23.5. The number of benzene rings is 8. The van der Waals surface area contributed by atoms with E-state index in [-0.39, 0.29) is 80.2 Å². The van der Waals surface area contributed by atoms with E-state index < -0.39 is 89.6 Å². The molecule has 15 unspecified atom stereocenters. The predicted octanol–water partition coefficient (Wildman–Crippen LogP) is 12.1. The van der Waals surface area contributed by atoms with Gasteiger partial charge in [0.05, 0.1) is 112 Å². The van der Waals surface area contributed by atoms with Gasteiger partial charge in [0, 0.05) is 97.0 Å². The summed E-state index contributed by atoms with van der Waals surface area (Å²) in [6.45, 7) is 0. The topological polar surface area (TPSA) is 277 Å². The number of aliphatic hydroxyl groups is 1. The van der Waals surface area contributed by atoms with Crippen LogP contribution in [0.15, 0.2) is 103 Å². The van der Waals surface area contributed by atoms with E-state index in [4.69, 9.17) is 89.1 Å². The highest BCUT2D eigenvalue weighted by atomic mass is 31.0. The Bertz CT molecular complexity index is 4350. The predicted molar refractivity (Wildman–Crippen MR) is 373 cm³/mol. The summed E-state index contributed by atoms with van der Waals surface area (Å²) in [5, 5.41) is 61.8. The lowest BCUT2D eigenvalue weighted by atomic mass is 9.71. The summed E-state index contributed by atoms with van der Waals surface area (Å²) >= 11 is 0. The van der Waals surface area contributed by atoms with Crippen LogP contribution in [-0.4, -0.2) is 128 Å². The van der Waals surface area contributed by atoms with Crippen LogP contribution in [0.4, 0.5) is 0 Å². The summed E-state index contributed by atoms with van der Waals surface area (Å²) in [7, 11) is 25.6. The van der Waals surface area contributed by atoms with Crippen molar-refractivity contribution in [3.05, 3.63) is 164 Å². The van der Waals surface area contributed by atoms with Crippen molar-refractivity contribution in [2.45, 2.75) is 73.0 Å². The minimum absolute atomic E-state index is 0.00181. The minimum atomic E-state index is -1.64. The van der Waals surface area contributed by atoms with Crippen molar-refractivity contribution < 1.29 is 115 Å². The summed E-state index contributed by atoms with van der Waals surface area (Å²) in [4.78, 5) is 0. The molecule has 0 aromatic heterocycles. The molecule has 0 spiro atoms. The standard InChI is InChI=1S/C71H76O24P4/c1-77-40-17-13-31(21-44(40)80-4)63-52(85-9)26-35-43(79-3)28-47(82-6)56(67(35)89-63)61-58-49(84-8)29-48(83-7)57(69(58)91-66(71(61)87-11)33-14-18-41(78-2)45(22-33)81-5)60-54-39(75)27-38(74)53(68(54)90-65(70(60)86-10)30-12-16-36(72)37(73)20-30)59-55-50(24-34(92-96)25-51(55)95-99)88-64(62(59)76)32-15-19-42(93-97)46(23-32)94-98/h12-25,27-29,52,59-66,70-76H,26,96-99H2,1-11H3. The van der Waals surface area contributed by atoms with E-state index in [2.05, 4.69) is 37.9 Å². The molecule has 4 heterocycles. The number of methoxy groups -OCH3 is 11. The van der Waals surface area contributed by atoms with Crippen molar-refractivity contribution in [2.75, 3.05) is 78.2 Å². The highest BCUT2D eigenvalue weighted by molar-refractivity contribution is 7.11. The molecular weight excluding hydrogens is 1360 g/mol. The van der Waals surface area contributed by atoms with Crippen molar-refractivity contribution in [3.63, 3.8) is 0 Å². The molecule has 99 heavy (non-hydrogen) atoms. The fourth-order valence-corrected chi connectivity index (χ4v) is 15.1. The average molecular weight is 1440 g/mol. The molecule has 12 rings (SSSR count). The van der Waals surface area contributed by atoms with E-state index in [0.717, 1.165) is 6.07 Å². The zero-order valence-electron chi connectivity index (χ0n) is 55.7. The van der Waals surface area contributed by atoms with Gasteiger partial charge in [-0.25, -0.2) is 0 Å². The van der Waals surface area contributed by atoms with Crippen LogP contribution < -0.4 is 74.9 Å². The molecule has 8 aromatic carbocycles. The maximum Gasteiger partial charge on any atom is 0.165 e. The van der Waals surface area contributed by atoms with Crippen LogP contribution in [0.3, 0.4) is 0 Å². The number of ether oxygens (including phenoxy) is 15.